The number of nitrogens with one attached hydrogen (secondary N) is 2. The lowest BCUT2D eigenvalue weighted by molar-refractivity contribution is 0.0507. The van der Waals surface area contributed by atoms with Crippen LogP contribution in [0.3, 0.4) is 0 Å². The second-order valence-electron chi connectivity index (χ2n) is 9.03. The fraction of sp³-hybridized carbons (Fsp3) is 0.522. The van der Waals surface area contributed by atoms with Gasteiger partial charge in [-0.1, -0.05) is 18.2 Å². The topological polar surface area (TPSA) is 82.1 Å². The molecule has 3 rings (SSSR count). The Morgan fingerprint density at radius 1 is 1.31 bits per heavy atom. The molecular formula is C23H35IN6O2. The second-order valence-corrected chi connectivity index (χ2v) is 9.03. The summed E-state index contributed by atoms with van der Waals surface area (Å²) in [6.07, 6.45) is 0.477. The minimum Gasteiger partial charge on any atom is -0.444 e. The zero-order chi connectivity index (χ0) is 22.6. The van der Waals surface area contributed by atoms with E-state index in [4.69, 9.17) is 9.72 Å². The van der Waals surface area contributed by atoms with Crippen molar-refractivity contribution in [3.8, 4) is 0 Å². The normalized spacial score (nSPS) is 16.5. The van der Waals surface area contributed by atoms with Crippen LogP contribution in [0.1, 0.15) is 32.8 Å². The molecule has 32 heavy (non-hydrogen) atoms. The number of guanidine groups is 1. The predicted molar refractivity (Wildman–Crippen MR) is 141 cm³/mol. The molecule has 0 aliphatic carbocycles. The number of carbonyl (C=O) groups excluding carboxylic acids is 1. The summed E-state index contributed by atoms with van der Waals surface area (Å²) in [6.45, 7) is 7.74. The summed E-state index contributed by atoms with van der Waals surface area (Å²) in [5.74, 6) is 1.74. The highest BCUT2D eigenvalue weighted by Gasteiger charge is 2.27. The number of likely N-dealkylation sites (tertiary alicyclic amines) is 1. The summed E-state index contributed by atoms with van der Waals surface area (Å²) < 4.78 is 5.37. The van der Waals surface area contributed by atoms with Crippen LogP contribution in [-0.4, -0.2) is 67.8 Å². The molecule has 2 N–H and O–H groups in total. The number of alkyl carbamates (subject to hydrolysis) is 1. The number of benzene rings is 1. The van der Waals surface area contributed by atoms with Gasteiger partial charge in [0.1, 0.15) is 11.4 Å². The van der Waals surface area contributed by atoms with E-state index in [1.807, 2.05) is 58.0 Å². The highest BCUT2D eigenvalue weighted by Crippen LogP contribution is 2.22. The SMILES string of the molecule is CN=C(NCc1cc(N(C)C)nc2ccccc12)N1CCC(NC(=O)OC(C)(C)C)C1.I. The Hall–Kier alpha value is -2.30. The van der Waals surface area contributed by atoms with Gasteiger partial charge in [-0.25, -0.2) is 9.78 Å². The van der Waals surface area contributed by atoms with E-state index < -0.39 is 5.60 Å². The number of anilines is 1. The summed E-state index contributed by atoms with van der Waals surface area (Å²) in [5, 5.41) is 7.57. The van der Waals surface area contributed by atoms with E-state index in [0.29, 0.717) is 13.1 Å². The third-order valence-electron chi connectivity index (χ3n) is 5.10. The lowest BCUT2D eigenvalue weighted by atomic mass is 10.1. The van der Waals surface area contributed by atoms with E-state index in [9.17, 15) is 4.79 Å². The quantitative estimate of drug-likeness (QED) is 0.342. The molecule has 2 heterocycles. The van der Waals surface area contributed by atoms with E-state index in [0.717, 1.165) is 41.2 Å². The summed E-state index contributed by atoms with van der Waals surface area (Å²) in [5.41, 5.74) is 1.64. The number of hydrogen-bond acceptors (Lipinski definition) is 5. The molecule has 0 bridgehead atoms. The van der Waals surface area contributed by atoms with Crippen LogP contribution in [0.4, 0.5) is 10.6 Å². The number of para-hydroxylation sites is 1. The fourth-order valence-corrected chi connectivity index (χ4v) is 3.66. The van der Waals surface area contributed by atoms with Crippen molar-refractivity contribution in [2.45, 2.75) is 45.4 Å². The third kappa shape index (κ3) is 6.85. The summed E-state index contributed by atoms with van der Waals surface area (Å²) in [7, 11) is 5.78. The third-order valence-corrected chi connectivity index (χ3v) is 5.10. The van der Waals surface area contributed by atoms with Gasteiger partial charge in [0.2, 0.25) is 0 Å². The average molecular weight is 554 g/mol. The first-order valence-electron chi connectivity index (χ1n) is 10.7. The summed E-state index contributed by atoms with van der Waals surface area (Å²) in [4.78, 5) is 25.4. The van der Waals surface area contributed by atoms with Gasteiger partial charge in [-0.2, -0.15) is 0 Å². The van der Waals surface area contributed by atoms with Crippen molar-refractivity contribution in [1.82, 2.24) is 20.5 Å². The van der Waals surface area contributed by atoms with Gasteiger partial charge in [0.05, 0.1) is 11.6 Å². The van der Waals surface area contributed by atoms with Gasteiger partial charge in [-0.15, -0.1) is 24.0 Å². The maximum absolute atomic E-state index is 12.1. The number of halogens is 1. The number of carbonyl (C=O) groups is 1. The fourth-order valence-electron chi connectivity index (χ4n) is 3.66. The van der Waals surface area contributed by atoms with E-state index in [1.54, 1.807) is 7.05 Å². The number of rotatable bonds is 4. The molecule has 0 saturated carbocycles. The maximum Gasteiger partial charge on any atom is 0.407 e. The van der Waals surface area contributed by atoms with Gasteiger partial charge in [0.25, 0.3) is 0 Å². The van der Waals surface area contributed by atoms with E-state index in [1.165, 1.54) is 0 Å². The first-order valence-corrected chi connectivity index (χ1v) is 10.7. The number of pyridine rings is 1. The first-order chi connectivity index (χ1) is 14.7. The number of ether oxygens (including phenoxy) is 1. The van der Waals surface area contributed by atoms with Crippen molar-refractivity contribution < 1.29 is 9.53 Å². The minimum atomic E-state index is -0.501. The van der Waals surface area contributed by atoms with Gasteiger partial charge < -0.3 is 25.2 Å². The average Bonchev–Trinajstić information content (AvgIpc) is 3.14. The molecular weight excluding hydrogens is 519 g/mol. The zero-order valence-corrected chi connectivity index (χ0v) is 22.1. The minimum absolute atomic E-state index is 0. The molecule has 0 radical (unpaired) electrons. The Labute approximate surface area is 207 Å². The van der Waals surface area contributed by atoms with Crippen LogP contribution in [0.2, 0.25) is 0 Å². The monoisotopic (exact) mass is 554 g/mol. The van der Waals surface area contributed by atoms with Crippen LogP contribution in [0.5, 0.6) is 0 Å². The molecule has 2 aromatic rings. The Kier molecular flexibility index (Phi) is 8.94. The molecule has 1 aromatic carbocycles. The van der Waals surface area contributed by atoms with Crippen molar-refractivity contribution in [1.29, 1.82) is 0 Å². The predicted octanol–water partition coefficient (Wildman–Crippen LogP) is 3.59. The number of aromatic nitrogens is 1. The highest BCUT2D eigenvalue weighted by atomic mass is 127. The van der Waals surface area contributed by atoms with E-state index >= 15 is 0 Å². The van der Waals surface area contributed by atoms with E-state index in [2.05, 4.69) is 32.7 Å². The van der Waals surface area contributed by atoms with Crippen LogP contribution in [0.25, 0.3) is 10.9 Å². The molecule has 1 saturated heterocycles. The Bertz CT molecular complexity index is 957. The smallest absolute Gasteiger partial charge is 0.407 e. The van der Waals surface area contributed by atoms with Crippen LogP contribution >= 0.6 is 24.0 Å². The standard InChI is InChI=1S/C23H34N6O2.HI/c1-23(2,3)31-22(30)26-17-11-12-29(15-17)21(24-4)25-14-16-13-20(28(5)6)27-19-10-8-7-9-18(16)19;/h7-10,13,17H,11-12,14-15H2,1-6H3,(H,24,25)(H,26,30);1H. The van der Waals surface area contributed by atoms with Gasteiger partial charge >= 0.3 is 6.09 Å². The molecule has 1 aliphatic heterocycles. The van der Waals surface area contributed by atoms with Crippen LogP contribution in [-0.2, 0) is 11.3 Å². The lowest BCUT2D eigenvalue weighted by Gasteiger charge is -2.24. The molecule has 1 atom stereocenters. The Balaban J connectivity index is 0.00000363. The van der Waals surface area contributed by atoms with Crippen molar-refractivity contribution >= 4 is 52.8 Å². The molecule has 1 aliphatic rings. The molecule has 1 amide bonds. The molecule has 176 valence electrons. The number of amides is 1. The van der Waals surface area contributed by atoms with Crippen molar-refractivity contribution in [2.24, 2.45) is 4.99 Å². The largest absolute Gasteiger partial charge is 0.444 e. The van der Waals surface area contributed by atoms with Gasteiger partial charge in [-0.3, -0.25) is 4.99 Å². The summed E-state index contributed by atoms with van der Waals surface area (Å²) in [6, 6.07) is 10.3. The van der Waals surface area contributed by atoms with Crippen LogP contribution in [0, 0.1) is 0 Å². The van der Waals surface area contributed by atoms with Crippen molar-refractivity contribution in [2.75, 3.05) is 39.1 Å². The molecule has 1 unspecified atom stereocenters. The molecule has 1 aromatic heterocycles. The van der Waals surface area contributed by atoms with Gasteiger partial charge in [0, 0.05) is 46.2 Å². The molecule has 1 fully saturated rings. The van der Waals surface area contributed by atoms with Crippen molar-refractivity contribution in [3.05, 3.63) is 35.9 Å². The molecule has 8 nitrogen and oxygen atoms in total. The number of nitrogens with zero attached hydrogens (tertiary/aromatic N) is 4. The maximum atomic E-state index is 12.1. The molecule has 9 heteroatoms. The molecule has 0 spiro atoms. The number of aliphatic imine (C=N–C) groups is 1. The number of fused-ring (bicyclic) bond motifs is 1. The Morgan fingerprint density at radius 3 is 2.69 bits per heavy atom. The van der Waals surface area contributed by atoms with Crippen molar-refractivity contribution in [3.63, 3.8) is 0 Å². The lowest BCUT2D eigenvalue weighted by Crippen LogP contribution is -2.44. The van der Waals surface area contributed by atoms with E-state index in [-0.39, 0.29) is 36.1 Å². The van der Waals surface area contributed by atoms with Gasteiger partial charge in [0.15, 0.2) is 5.96 Å². The Morgan fingerprint density at radius 2 is 2.03 bits per heavy atom. The first kappa shape index (κ1) is 26.0. The van der Waals surface area contributed by atoms with Gasteiger partial charge in [-0.05, 0) is 44.9 Å². The second kappa shape index (κ2) is 11.0. The van der Waals surface area contributed by atoms with Crippen LogP contribution in [0.15, 0.2) is 35.3 Å². The number of hydrogen-bond donors (Lipinski definition) is 2. The van der Waals surface area contributed by atoms with Crippen LogP contribution < -0.4 is 15.5 Å². The summed E-state index contributed by atoms with van der Waals surface area (Å²) >= 11 is 0. The zero-order valence-electron chi connectivity index (χ0n) is 19.8. The highest BCUT2D eigenvalue weighted by molar-refractivity contribution is 14.0.